The zero-order valence-electron chi connectivity index (χ0n) is 21.3. The summed E-state index contributed by atoms with van der Waals surface area (Å²) in [6.07, 6.45) is 4.15. The number of para-hydroxylation sites is 1. The lowest BCUT2D eigenvalue weighted by Crippen LogP contribution is -2.38. The zero-order chi connectivity index (χ0) is 26.6. The zero-order valence-corrected chi connectivity index (χ0v) is 22.1. The van der Waals surface area contributed by atoms with Crippen LogP contribution in [-0.2, 0) is 30.9 Å². The molecule has 0 amide bonds. The lowest BCUT2D eigenvalue weighted by molar-refractivity contribution is -0.673. The van der Waals surface area contributed by atoms with Crippen molar-refractivity contribution in [2.45, 2.75) is 13.0 Å². The number of hydrogen-bond donors (Lipinski definition) is 0. The Labute approximate surface area is 223 Å². The summed E-state index contributed by atoms with van der Waals surface area (Å²) in [5, 5.41) is 1.03. The summed E-state index contributed by atoms with van der Waals surface area (Å²) in [6.45, 7) is 4.03. The molecule has 0 unspecified atom stereocenters. The highest BCUT2D eigenvalue weighted by Crippen LogP contribution is 2.29. The molecule has 204 valence electrons. The van der Waals surface area contributed by atoms with Gasteiger partial charge in [-0.3, -0.25) is 0 Å². The predicted octanol–water partition coefficient (Wildman–Crippen LogP) is 3.05. The van der Waals surface area contributed by atoms with Gasteiger partial charge >= 0.3 is 0 Å². The quantitative estimate of drug-likeness (QED) is 0.345. The Balaban J connectivity index is 1.54. The lowest BCUT2D eigenvalue weighted by atomic mass is 10.1. The second-order valence-electron chi connectivity index (χ2n) is 8.66. The van der Waals surface area contributed by atoms with E-state index in [1.54, 1.807) is 0 Å². The number of pyridine rings is 1. The van der Waals surface area contributed by atoms with Crippen LogP contribution in [0.25, 0.3) is 23.1 Å². The fourth-order valence-electron chi connectivity index (χ4n) is 4.08. The second kappa shape index (κ2) is 14.2. The van der Waals surface area contributed by atoms with Gasteiger partial charge in [-0.15, -0.1) is 0 Å². The van der Waals surface area contributed by atoms with Crippen molar-refractivity contribution in [2.24, 2.45) is 0 Å². The van der Waals surface area contributed by atoms with Gasteiger partial charge < -0.3 is 28.2 Å². The van der Waals surface area contributed by atoms with E-state index in [4.69, 9.17) is 23.7 Å². The fourth-order valence-corrected chi connectivity index (χ4v) is 4.56. The van der Waals surface area contributed by atoms with Crippen molar-refractivity contribution in [3.05, 3.63) is 65.9 Å². The molecule has 9 nitrogen and oxygen atoms in total. The summed E-state index contributed by atoms with van der Waals surface area (Å²) >= 11 is 0. The van der Waals surface area contributed by atoms with E-state index in [-0.39, 0.29) is 6.42 Å². The standard InChI is InChI=1S/C28H33NO8S/c30-38(31,32)21-3-12-29-25(10-8-24-4-1-2-5-26(24)29)9-6-23-7-11-27-28(22-23)37-20-18-35-16-14-33-13-15-34-17-19-36-27/h1-2,4-11,22H,3,12-21H2. The maximum atomic E-state index is 11.1. The van der Waals surface area contributed by atoms with Gasteiger partial charge in [-0.05, 0) is 35.9 Å². The first-order valence-corrected chi connectivity index (χ1v) is 14.2. The molecule has 0 radical (unpaired) electrons. The van der Waals surface area contributed by atoms with E-state index in [0.29, 0.717) is 70.9 Å². The van der Waals surface area contributed by atoms with Gasteiger partial charge in [-0.1, -0.05) is 18.2 Å². The molecule has 1 aromatic heterocycles. The molecule has 3 aromatic rings. The minimum Gasteiger partial charge on any atom is -0.748 e. The van der Waals surface area contributed by atoms with Crippen molar-refractivity contribution in [3.8, 4) is 11.5 Å². The normalized spacial score (nSPS) is 16.2. The summed E-state index contributed by atoms with van der Waals surface area (Å²) in [5.74, 6) is 0.821. The van der Waals surface area contributed by atoms with Crippen LogP contribution < -0.4 is 14.0 Å². The third-order valence-electron chi connectivity index (χ3n) is 5.88. The van der Waals surface area contributed by atoms with Gasteiger partial charge in [0.05, 0.1) is 49.8 Å². The number of fused-ring (bicyclic) bond motifs is 2. The summed E-state index contributed by atoms with van der Waals surface area (Å²) in [4.78, 5) is 0. The average Bonchev–Trinajstić information content (AvgIpc) is 2.91. The molecule has 0 atom stereocenters. The topological polar surface area (TPSA) is 107 Å². The van der Waals surface area contributed by atoms with Gasteiger partial charge in [-0.2, -0.15) is 4.57 Å². The average molecular weight is 544 g/mol. The van der Waals surface area contributed by atoms with E-state index in [1.165, 1.54) is 0 Å². The molecule has 0 bridgehead atoms. The Morgan fingerprint density at radius 3 is 2.13 bits per heavy atom. The van der Waals surface area contributed by atoms with Crippen molar-refractivity contribution < 1.29 is 41.2 Å². The molecule has 0 saturated carbocycles. The molecule has 1 aliphatic rings. The molecule has 1 aliphatic heterocycles. The minimum atomic E-state index is -4.27. The van der Waals surface area contributed by atoms with Crippen molar-refractivity contribution in [3.63, 3.8) is 0 Å². The van der Waals surface area contributed by atoms with Crippen LogP contribution in [0.15, 0.2) is 54.6 Å². The van der Waals surface area contributed by atoms with E-state index >= 15 is 0 Å². The number of ether oxygens (including phenoxy) is 5. The largest absolute Gasteiger partial charge is 0.748 e. The Morgan fingerprint density at radius 1 is 0.763 bits per heavy atom. The summed E-state index contributed by atoms with van der Waals surface area (Å²) in [7, 11) is -4.27. The fraction of sp³-hybridized carbons (Fsp3) is 0.393. The van der Waals surface area contributed by atoms with Crippen molar-refractivity contribution in [1.29, 1.82) is 0 Å². The number of hydrogen-bond acceptors (Lipinski definition) is 8. The van der Waals surface area contributed by atoms with E-state index in [9.17, 15) is 13.0 Å². The summed E-state index contributed by atoms with van der Waals surface area (Å²) in [5.41, 5.74) is 2.74. The van der Waals surface area contributed by atoms with Gasteiger partial charge in [0.1, 0.15) is 13.2 Å². The molecule has 10 heteroatoms. The van der Waals surface area contributed by atoms with Gasteiger partial charge in [0.25, 0.3) is 0 Å². The van der Waals surface area contributed by atoms with E-state index in [1.807, 2.05) is 71.3 Å². The minimum absolute atomic E-state index is 0.229. The van der Waals surface area contributed by atoms with Crippen LogP contribution in [0.2, 0.25) is 0 Å². The first kappa shape index (κ1) is 28.0. The van der Waals surface area contributed by atoms with E-state index in [0.717, 1.165) is 22.2 Å². The lowest BCUT2D eigenvalue weighted by Gasteiger charge is -2.13. The van der Waals surface area contributed by atoms with Gasteiger partial charge in [-0.25, -0.2) is 8.42 Å². The Bertz CT molecular complexity index is 1330. The van der Waals surface area contributed by atoms with Crippen LogP contribution in [-0.4, -0.2) is 71.6 Å². The molecule has 0 aliphatic carbocycles. The van der Waals surface area contributed by atoms with Crippen molar-refractivity contribution in [2.75, 3.05) is 58.6 Å². The highest BCUT2D eigenvalue weighted by molar-refractivity contribution is 7.85. The van der Waals surface area contributed by atoms with E-state index in [2.05, 4.69) is 0 Å². The van der Waals surface area contributed by atoms with Crippen LogP contribution >= 0.6 is 0 Å². The summed E-state index contributed by atoms with van der Waals surface area (Å²) in [6, 6.07) is 17.6. The van der Waals surface area contributed by atoms with Gasteiger partial charge in [0.2, 0.25) is 11.2 Å². The number of aromatic nitrogens is 1. The number of aryl methyl sites for hydroxylation is 1. The molecule has 0 spiro atoms. The third-order valence-corrected chi connectivity index (χ3v) is 6.67. The first-order valence-electron chi connectivity index (χ1n) is 12.7. The smallest absolute Gasteiger partial charge is 0.212 e. The second-order valence-corrected chi connectivity index (χ2v) is 10.2. The van der Waals surface area contributed by atoms with Crippen molar-refractivity contribution >= 4 is 33.2 Å². The van der Waals surface area contributed by atoms with Crippen LogP contribution in [0.4, 0.5) is 0 Å². The predicted molar refractivity (Wildman–Crippen MR) is 142 cm³/mol. The van der Waals surface area contributed by atoms with E-state index < -0.39 is 15.9 Å². The number of rotatable bonds is 6. The van der Waals surface area contributed by atoms with Crippen LogP contribution in [0.5, 0.6) is 11.5 Å². The molecule has 2 heterocycles. The molecule has 38 heavy (non-hydrogen) atoms. The molecular weight excluding hydrogens is 510 g/mol. The molecule has 0 fully saturated rings. The maximum Gasteiger partial charge on any atom is 0.212 e. The maximum absolute atomic E-state index is 11.1. The first-order chi connectivity index (χ1) is 18.5. The number of benzene rings is 2. The third kappa shape index (κ3) is 8.78. The van der Waals surface area contributed by atoms with Crippen LogP contribution in [0, 0.1) is 0 Å². The SMILES string of the molecule is O=S(=O)([O-])CCC[n+]1c(C=Cc2ccc3c(c2)OCCOCCOCCOCCO3)ccc2ccccc21. The number of nitrogens with zero attached hydrogens (tertiary/aromatic N) is 1. The Morgan fingerprint density at radius 2 is 1.42 bits per heavy atom. The monoisotopic (exact) mass is 543 g/mol. The molecule has 4 rings (SSSR count). The van der Waals surface area contributed by atoms with Crippen LogP contribution in [0.3, 0.4) is 0 Å². The highest BCUT2D eigenvalue weighted by Gasteiger charge is 2.14. The molecular formula is C28H33NO8S. The van der Waals surface area contributed by atoms with Crippen LogP contribution in [0.1, 0.15) is 17.7 Å². The highest BCUT2D eigenvalue weighted by atomic mass is 32.2. The molecule has 2 aromatic carbocycles. The van der Waals surface area contributed by atoms with Gasteiger partial charge in [0, 0.05) is 35.8 Å². The molecule has 0 N–H and O–H groups in total. The molecule has 0 saturated heterocycles. The summed E-state index contributed by atoms with van der Waals surface area (Å²) < 4.78 is 63.8. The Kier molecular flexibility index (Phi) is 10.5. The van der Waals surface area contributed by atoms with Gasteiger partial charge in [0.15, 0.2) is 18.0 Å². The Hall–Kier alpha value is -3.02. The van der Waals surface area contributed by atoms with Crippen molar-refractivity contribution in [1.82, 2.24) is 0 Å².